The number of Topliss-reactive ketones (excluding diaryl/α,β-unsaturated/α-hetero) is 1. The average Bonchev–Trinajstić information content (AvgIpc) is 2.98. The number of halogens is 3. The minimum atomic E-state index is -0.437. The number of carbonyl (C=O) groups is 1. The topological polar surface area (TPSA) is 35.5 Å². The molecule has 0 fully saturated rings. The van der Waals surface area contributed by atoms with Crippen LogP contribution in [-0.2, 0) is 6.61 Å². The van der Waals surface area contributed by atoms with E-state index in [-0.39, 0.29) is 23.7 Å². The molecule has 3 nitrogen and oxygen atoms in total. The van der Waals surface area contributed by atoms with Crippen LogP contribution in [0.15, 0.2) is 66.4 Å². The van der Waals surface area contributed by atoms with Crippen molar-refractivity contribution in [1.29, 1.82) is 0 Å². The molecule has 0 unspecified atom stereocenters. The molecule has 28 heavy (non-hydrogen) atoms. The predicted octanol–water partition coefficient (Wildman–Crippen LogP) is 6.33. The van der Waals surface area contributed by atoms with Crippen LogP contribution in [0, 0.1) is 5.82 Å². The first-order valence-electron chi connectivity index (χ1n) is 8.41. The van der Waals surface area contributed by atoms with Crippen LogP contribution in [-0.4, -0.2) is 5.78 Å². The van der Waals surface area contributed by atoms with Gasteiger partial charge in [-0.15, -0.1) is 0 Å². The van der Waals surface area contributed by atoms with Crippen molar-refractivity contribution in [3.05, 3.63) is 99.0 Å². The van der Waals surface area contributed by atoms with Gasteiger partial charge in [-0.25, -0.2) is 4.39 Å². The van der Waals surface area contributed by atoms with Gasteiger partial charge >= 0.3 is 0 Å². The summed E-state index contributed by atoms with van der Waals surface area (Å²) in [6, 6.07) is 16.4. The zero-order valence-corrected chi connectivity index (χ0v) is 15.9. The molecule has 3 aromatic rings. The Bertz CT molecular complexity index is 1070. The van der Waals surface area contributed by atoms with Crippen molar-refractivity contribution in [1.82, 2.24) is 0 Å². The molecule has 0 spiro atoms. The van der Waals surface area contributed by atoms with E-state index in [1.165, 1.54) is 12.1 Å². The van der Waals surface area contributed by atoms with Crippen molar-refractivity contribution < 1.29 is 18.7 Å². The molecule has 0 saturated heterocycles. The first-order chi connectivity index (χ1) is 13.5. The van der Waals surface area contributed by atoms with Gasteiger partial charge in [0.1, 0.15) is 23.9 Å². The summed E-state index contributed by atoms with van der Waals surface area (Å²) in [6.45, 7) is -0.0360. The molecule has 6 heteroatoms. The third kappa shape index (κ3) is 3.75. The van der Waals surface area contributed by atoms with Crippen molar-refractivity contribution in [3.63, 3.8) is 0 Å². The normalized spacial score (nSPS) is 14.1. The molecule has 0 N–H and O–H groups in total. The molecule has 0 bridgehead atoms. The highest BCUT2D eigenvalue weighted by Gasteiger charge is 2.27. The van der Waals surface area contributed by atoms with Crippen LogP contribution in [0.5, 0.6) is 11.5 Å². The summed E-state index contributed by atoms with van der Waals surface area (Å²) in [4.78, 5) is 12.5. The lowest BCUT2D eigenvalue weighted by Gasteiger charge is -2.09. The van der Waals surface area contributed by atoms with E-state index in [4.69, 9.17) is 32.7 Å². The summed E-state index contributed by atoms with van der Waals surface area (Å²) >= 11 is 11.9. The fourth-order valence-corrected chi connectivity index (χ4v) is 3.14. The van der Waals surface area contributed by atoms with E-state index in [0.717, 1.165) is 5.56 Å². The van der Waals surface area contributed by atoms with Crippen LogP contribution in [0.2, 0.25) is 10.0 Å². The van der Waals surface area contributed by atoms with Gasteiger partial charge in [0.25, 0.3) is 0 Å². The summed E-state index contributed by atoms with van der Waals surface area (Å²) in [5, 5.41) is 0.904. The fourth-order valence-electron chi connectivity index (χ4n) is 2.79. The maximum atomic E-state index is 13.9. The summed E-state index contributed by atoms with van der Waals surface area (Å²) in [5.74, 6) is 0.398. The Balaban J connectivity index is 1.53. The summed E-state index contributed by atoms with van der Waals surface area (Å²) in [6.07, 6.45) is 1.65. The number of hydrogen-bond donors (Lipinski definition) is 0. The quantitative estimate of drug-likeness (QED) is 0.468. The van der Waals surface area contributed by atoms with Crippen LogP contribution in [0.4, 0.5) is 4.39 Å². The van der Waals surface area contributed by atoms with E-state index >= 15 is 0 Å². The second-order valence-electron chi connectivity index (χ2n) is 6.14. The Labute approximate surface area is 170 Å². The highest BCUT2D eigenvalue weighted by Crippen LogP contribution is 2.35. The molecule has 0 aromatic heterocycles. The summed E-state index contributed by atoms with van der Waals surface area (Å²) in [5.41, 5.74) is 1.51. The minimum absolute atomic E-state index is 0.0360. The number of ether oxygens (including phenoxy) is 2. The van der Waals surface area contributed by atoms with Gasteiger partial charge in [-0.2, -0.15) is 0 Å². The van der Waals surface area contributed by atoms with Crippen LogP contribution in [0.1, 0.15) is 21.5 Å². The van der Waals surface area contributed by atoms with E-state index in [9.17, 15) is 9.18 Å². The smallest absolute Gasteiger partial charge is 0.231 e. The first-order valence-corrected chi connectivity index (χ1v) is 9.16. The molecule has 0 saturated carbocycles. The maximum Gasteiger partial charge on any atom is 0.231 e. The third-order valence-corrected chi connectivity index (χ3v) is 4.86. The standard InChI is InChI=1S/C22H13Cl2FO3/c23-14-6-4-13(5-7-14)10-21-22(26)16-9-8-15(11-20(16)28-21)27-12-17-18(24)2-1-3-19(17)25/h1-11H,12H2/b21-10-. The van der Waals surface area contributed by atoms with E-state index < -0.39 is 5.82 Å². The van der Waals surface area contributed by atoms with Crippen LogP contribution >= 0.6 is 23.2 Å². The largest absolute Gasteiger partial charge is 0.489 e. The molecular weight excluding hydrogens is 402 g/mol. The van der Waals surface area contributed by atoms with Crippen LogP contribution in [0.3, 0.4) is 0 Å². The van der Waals surface area contributed by atoms with Crippen molar-refractivity contribution in [2.45, 2.75) is 6.61 Å². The predicted molar refractivity (Wildman–Crippen MR) is 107 cm³/mol. The highest BCUT2D eigenvalue weighted by molar-refractivity contribution is 6.31. The number of allylic oxidation sites excluding steroid dienone is 1. The molecule has 1 aliphatic heterocycles. The third-order valence-electron chi connectivity index (χ3n) is 4.25. The highest BCUT2D eigenvalue weighted by atomic mass is 35.5. The number of ketones is 1. The van der Waals surface area contributed by atoms with Gasteiger partial charge in [0.05, 0.1) is 10.6 Å². The molecule has 1 aliphatic rings. The Morgan fingerprint density at radius 2 is 1.82 bits per heavy atom. The Morgan fingerprint density at radius 3 is 2.57 bits per heavy atom. The lowest BCUT2D eigenvalue weighted by molar-refractivity contribution is 0.101. The number of benzene rings is 3. The van der Waals surface area contributed by atoms with Gasteiger partial charge in [-0.1, -0.05) is 41.4 Å². The number of hydrogen-bond acceptors (Lipinski definition) is 3. The number of fused-ring (bicyclic) bond motifs is 1. The molecule has 0 atom stereocenters. The van der Waals surface area contributed by atoms with Gasteiger partial charge in [0.15, 0.2) is 5.76 Å². The Kier molecular flexibility index (Phi) is 5.07. The van der Waals surface area contributed by atoms with Gasteiger partial charge in [-0.05, 0) is 48.0 Å². The first kappa shape index (κ1) is 18.5. The van der Waals surface area contributed by atoms with Gasteiger partial charge in [-0.3, -0.25) is 4.79 Å². The summed E-state index contributed by atoms with van der Waals surface area (Å²) in [7, 11) is 0. The Morgan fingerprint density at radius 1 is 1.04 bits per heavy atom. The van der Waals surface area contributed by atoms with E-state index in [0.29, 0.717) is 27.1 Å². The second kappa shape index (κ2) is 7.66. The van der Waals surface area contributed by atoms with Gasteiger partial charge in [0.2, 0.25) is 5.78 Å². The van der Waals surface area contributed by atoms with E-state index in [1.54, 1.807) is 54.6 Å². The van der Waals surface area contributed by atoms with Crippen LogP contribution < -0.4 is 9.47 Å². The van der Waals surface area contributed by atoms with Crippen molar-refractivity contribution in [3.8, 4) is 11.5 Å². The molecule has 0 radical (unpaired) electrons. The molecule has 1 heterocycles. The van der Waals surface area contributed by atoms with Crippen molar-refractivity contribution in [2.24, 2.45) is 0 Å². The second-order valence-corrected chi connectivity index (χ2v) is 6.98. The van der Waals surface area contributed by atoms with Gasteiger partial charge in [0, 0.05) is 16.7 Å². The minimum Gasteiger partial charge on any atom is -0.489 e. The molecule has 0 amide bonds. The van der Waals surface area contributed by atoms with Crippen molar-refractivity contribution >= 4 is 35.1 Å². The monoisotopic (exact) mass is 414 g/mol. The zero-order valence-electron chi connectivity index (χ0n) is 14.4. The van der Waals surface area contributed by atoms with E-state index in [2.05, 4.69) is 0 Å². The average molecular weight is 415 g/mol. The Hall–Kier alpha value is -2.82. The molecule has 4 rings (SSSR count). The SMILES string of the molecule is O=C1/C(=C/c2ccc(Cl)cc2)Oc2cc(OCc3c(F)cccc3Cl)ccc21. The molecule has 0 aliphatic carbocycles. The fraction of sp³-hybridized carbons (Fsp3) is 0.0455. The molecular formula is C22H13Cl2FO3. The zero-order chi connectivity index (χ0) is 19.7. The lowest BCUT2D eigenvalue weighted by atomic mass is 10.1. The molecule has 140 valence electrons. The van der Waals surface area contributed by atoms with Gasteiger partial charge < -0.3 is 9.47 Å². The van der Waals surface area contributed by atoms with Crippen molar-refractivity contribution in [2.75, 3.05) is 0 Å². The summed E-state index contributed by atoms with van der Waals surface area (Å²) < 4.78 is 25.2. The maximum absolute atomic E-state index is 13.9. The van der Waals surface area contributed by atoms with E-state index in [1.807, 2.05) is 0 Å². The number of carbonyl (C=O) groups excluding carboxylic acids is 1. The number of rotatable bonds is 4. The molecule has 3 aromatic carbocycles. The lowest BCUT2D eigenvalue weighted by Crippen LogP contribution is -1.99. The van der Waals surface area contributed by atoms with Crippen LogP contribution in [0.25, 0.3) is 6.08 Å².